The van der Waals surface area contributed by atoms with E-state index in [2.05, 4.69) is 62.1 Å². The van der Waals surface area contributed by atoms with Crippen LogP contribution in [0.3, 0.4) is 0 Å². The summed E-state index contributed by atoms with van der Waals surface area (Å²) in [6, 6.07) is 5.95. The molecule has 1 aliphatic rings. The first-order valence-corrected chi connectivity index (χ1v) is 12.0. The van der Waals surface area contributed by atoms with Gasteiger partial charge in [-0.15, -0.1) is 0 Å². The molecule has 0 unspecified atom stereocenters. The van der Waals surface area contributed by atoms with E-state index in [9.17, 15) is 4.39 Å². The molecular weight excluding hydrogens is 497 g/mol. The second-order valence-corrected chi connectivity index (χ2v) is 10.1. The van der Waals surface area contributed by atoms with Crippen LogP contribution in [-0.4, -0.2) is 0 Å². The predicted molar refractivity (Wildman–Crippen MR) is 130 cm³/mol. The molecule has 0 saturated heterocycles. The Kier molecular flexibility index (Phi) is 7.60. The number of halogens is 3. The Hall–Kier alpha value is -1.14. The quantitative estimate of drug-likeness (QED) is 0.280. The molecule has 0 radical (unpaired) electrons. The van der Waals surface area contributed by atoms with Crippen LogP contribution in [0.15, 0.2) is 35.8 Å². The minimum absolute atomic E-state index is 0.0426. The second kappa shape index (κ2) is 9.78. The van der Waals surface area contributed by atoms with Crippen LogP contribution in [0.5, 0.6) is 0 Å². The molecule has 0 atom stereocenters. The van der Waals surface area contributed by atoms with E-state index in [4.69, 9.17) is 0 Å². The molecule has 0 bridgehead atoms. The fourth-order valence-corrected chi connectivity index (χ4v) is 5.21. The summed E-state index contributed by atoms with van der Waals surface area (Å²) in [5.74, 6) is -0.898. The molecule has 0 aliphatic heterocycles. The predicted octanol–water partition coefficient (Wildman–Crippen LogP) is 8.31. The summed E-state index contributed by atoms with van der Waals surface area (Å²) in [7, 11) is 0. The Labute approximate surface area is 191 Å². The van der Waals surface area contributed by atoms with E-state index in [1.165, 1.54) is 38.1 Å². The highest BCUT2D eigenvalue weighted by Gasteiger charge is 2.21. The van der Waals surface area contributed by atoms with Gasteiger partial charge in [0.25, 0.3) is 0 Å². The summed E-state index contributed by atoms with van der Waals surface area (Å²) < 4.78 is 31.1. The molecule has 4 heteroatoms. The van der Waals surface area contributed by atoms with Crippen molar-refractivity contribution in [2.75, 3.05) is 0 Å². The normalized spacial score (nSPS) is 14.5. The van der Waals surface area contributed by atoms with Crippen LogP contribution in [0.25, 0.3) is 4.91 Å². The summed E-state index contributed by atoms with van der Waals surface area (Å²) in [6.45, 7) is 10.3. The highest BCUT2D eigenvalue weighted by Crippen LogP contribution is 2.36. The lowest BCUT2D eigenvalue weighted by atomic mass is 9.98. The molecule has 3 rings (SSSR count). The number of hydrogen-bond donors (Lipinski definition) is 0. The zero-order valence-electron chi connectivity index (χ0n) is 17.3. The topological polar surface area (TPSA) is 0 Å². The first-order chi connectivity index (χ1) is 13.8. The van der Waals surface area contributed by atoms with E-state index in [0.717, 1.165) is 43.2 Å². The minimum atomic E-state index is -0.490. The van der Waals surface area contributed by atoms with E-state index in [-0.39, 0.29) is 5.56 Å². The van der Waals surface area contributed by atoms with Crippen LogP contribution in [0.1, 0.15) is 59.6 Å². The number of thioether (sulfide) groups is 1. The molecule has 0 fully saturated rings. The first kappa shape index (κ1) is 22.5. The fraction of sp³-hybridized carbons (Fsp3) is 0.360. The lowest BCUT2D eigenvalue weighted by molar-refractivity contribution is 0.563. The van der Waals surface area contributed by atoms with Crippen LogP contribution < -0.4 is 0 Å². The Bertz CT molecular complexity index is 976. The van der Waals surface area contributed by atoms with Crippen molar-refractivity contribution >= 4 is 39.3 Å². The number of aryl methyl sites for hydroxylation is 3. The minimum Gasteiger partial charge on any atom is -0.206 e. The van der Waals surface area contributed by atoms with Gasteiger partial charge in [-0.2, -0.15) is 0 Å². The molecular formula is C25H27F2IS. The third-order valence-corrected chi connectivity index (χ3v) is 7.72. The monoisotopic (exact) mass is 524 g/mol. The second-order valence-electron chi connectivity index (χ2n) is 7.96. The van der Waals surface area contributed by atoms with Gasteiger partial charge in [0, 0.05) is 8.48 Å². The zero-order chi connectivity index (χ0) is 21.1. The van der Waals surface area contributed by atoms with Gasteiger partial charge in [0.05, 0.1) is 5.56 Å². The number of benzene rings is 2. The lowest BCUT2D eigenvalue weighted by Crippen LogP contribution is -2.03. The average Bonchev–Trinajstić information content (AvgIpc) is 2.90. The van der Waals surface area contributed by atoms with Crippen LogP contribution >= 0.6 is 34.4 Å². The maximum absolute atomic E-state index is 15.1. The number of fused-ring (bicyclic) bond motifs is 1. The molecule has 154 valence electrons. The third kappa shape index (κ3) is 5.32. The molecule has 29 heavy (non-hydrogen) atoms. The molecule has 2 aromatic rings. The van der Waals surface area contributed by atoms with Crippen molar-refractivity contribution in [3.05, 3.63) is 84.3 Å². The summed E-state index contributed by atoms with van der Waals surface area (Å²) >= 11 is 3.67. The maximum atomic E-state index is 15.1. The Morgan fingerprint density at radius 2 is 1.83 bits per heavy atom. The molecule has 0 heterocycles. The summed E-state index contributed by atoms with van der Waals surface area (Å²) in [5.41, 5.74) is 6.52. The van der Waals surface area contributed by atoms with Crippen LogP contribution in [0, 0.1) is 29.1 Å². The number of rotatable bonds is 5. The SMILES string of the molecule is C=C(S/C=C(\C)Cc1cc(C)c(I)cc1C)c1c(F)cc2c(c1F)CCCCC2. The van der Waals surface area contributed by atoms with Crippen molar-refractivity contribution in [1.82, 2.24) is 0 Å². The number of hydrogen-bond acceptors (Lipinski definition) is 1. The standard InChI is InChI=1S/C25H27F2IS/c1-15(10-20-11-17(3)23(28)12-16(20)2)14-29-18(4)24-22(26)13-19-8-6-5-7-9-21(19)25(24)27/h11-14H,4-10H2,1-3H3/b15-14+. The molecule has 0 amide bonds. The van der Waals surface area contributed by atoms with Crippen molar-refractivity contribution in [2.24, 2.45) is 0 Å². The van der Waals surface area contributed by atoms with Gasteiger partial charge in [-0.3, -0.25) is 0 Å². The Morgan fingerprint density at radius 3 is 2.59 bits per heavy atom. The molecule has 0 aromatic heterocycles. The van der Waals surface area contributed by atoms with Crippen LogP contribution in [0.2, 0.25) is 0 Å². The molecule has 0 N–H and O–H groups in total. The first-order valence-electron chi connectivity index (χ1n) is 10.0. The van der Waals surface area contributed by atoms with Crippen molar-refractivity contribution in [3.8, 4) is 0 Å². The summed E-state index contributed by atoms with van der Waals surface area (Å²) in [6.07, 6.45) is 5.30. The van der Waals surface area contributed by atoms with E-state index >= 15 is 4.39 Å². The average molecular weight is 524 g/mol. The van der Waals surface area contributed by atoms with Crippen molar-refractivity contribution in [2.45, 2.75) is 59.3 Å². The molecule has 0 nitrogen and oxygen atoms in total. The molecule has 0 saturated carbocycles. The van der Waals surface area contributed by atoms with Gasteiger partial charge in [0.15, 0.2) is 0 Å². The lowest BCUT2D eigenvalue weighted by Gasteiger charge is -2.14. The molecule has 0 spiro atoms. The highest BCUT2D eigenvalue weighted by atomic mass is 127. The molecule has 2 aromatic carbocycles. The Balaban J connectivity index is 1.78. The zero-order valence-corrected chi connectivity index (χ0v) is 20.3. The van der Waals surface area contributed by atoms with Crippen molar-refractivity contribution in [1.29, 1.82) is 0 Å². The van der Waals surface area contributed by atoms with Crippen LogP contribution in [0.4, 0.5) is 8.78 Å². The molecule has 1 aliphatic carbocycles. The van der Waals surface area contributed by atoms with E-state index in [1.807, 2.05) is 5.41 Å². The maximum Gasteiger partial charge on any atom is 0.137 e. The van der Waals surface area contributed by atoms with Gasteiger partial charge >= 0.3 is 0 Å². The highest BCUT2D eigenvalue weighted by molar-refractivity contribution is 14.1. The summed E-state index contributed by atoms with van der Waals surface area (Å²) in [5, 5.41) is 1.97. The van der Waals surface area contributed by atoms with Crippen LogP contribution in [-0.2, 0) is 19.3 Å². The van der Waals surface area contributed by atoms with Crippen molar-refractivity contribution < 1.29 is 8.78 Å². The fourth-order valence-electron chi connectivity index (χ4n) is 3.86. The van der Waals surface area contributed by atoms with Gasteiger partial charge in [-0.25, -0.2) is 8.78 Å². The van der Waals surface area contributed by atoms with Gasteiger partial charge in [-0.1, -0.05) is 36.4 Å². The van der Waals surface area contributed by atoms with Gasteiger partial charge < -0.3 is 0 Å². The Morgan fingerprint density at radius 1 is 1.10 bits per heavy atom. The third-order valence-electron chi connectivity index (χ3n) is 5.55. The van der Waals surface area contributed by atoms with Crippen molar-refractivity contribution in [3.63, 3.8) is 0 Å². The van der Waals surface area contributed by atoms with E-state index in [0.29, 0.717) is 16.9 Å². The largest absolute Gasteiger partial charge is 0.206 e. The van der Waals surface area contributed by atoms with Gasteiger partial charge in [0.2, 0.25) is 0 Å². The van der Waals surface area contributed by atoms with Gasteiger partial charge in [0.1, 0.15) is 11.6 Å². The van der Waals surface area contributed by atoms with Gasteiger partial charge in [-0.05, 0) is 121 Å². The number of allylic oxidation sites excluding steroid dienone is 1. The smallest absolute Gasteiger partial charge is 0.137 e. The summed E-state index contributed by atoms with van der Waals surface area (Å²) in [4.78, 5) is 0.432. The van der Waals surface area contributed by atoms with E-state index in [1.54, 1.807) is 0 Å². The van der Waals surface area contributed by atoms with E-state index < -0.39 is 11.6 Å².